The number of benzene rings is 1. The second-order valence-electron chi connectivity index (χ2n) is 10.3. The van der Waals surface area contributed by atoms with Crippen LogP contribution in [-0.2, 0) is 16.9 Å². The molecular formula is C27H28ClFN8O3. The van der Waals surface area contributed by atoms with E-state index in [2.05, 4.69) is 42.7 Å². The molecular weight excluding hydrogens is 539 g/mol. The first-order valence-electron chi connectivity index (χ1n) is 13.0. The molecule has 0 aliphatic carbocycles. The van der Waals surface area contributed by atoms with Gasteiger partial charge in [0.2, 0.25) is 0 Å². The summed E-state index contributed by atoms with van der Waals surface area (Å²) >= 11 is 6.04. The number of anilines is 3. The molecule has 2 aromatic heterocycles. The van der Waals surface area contributed by atoms with Crippen LogP contribution in [0.15, 0.2) is 42.7 Å². The predicted molar refractivity (Wildman–Crippen MR) is 147 cm³/mol. The molecule has 1 atom stereocenters. The molecule has 2 saturated heterocycles. The zero-order chi connectivity index (χ0) is 27.9. The van der Waals surface area contributed by atoms with Crippen molar-refractivity contribution in [3.8, 4) is 0 Å². The molecule has 0 unspecified atom stereocenters. The van der Waals surface area contributed by atoms with Gasteiger partial charge in [0, 0.05) is 51.9 Å². The Hall–Kier alpha value is -4.03. The van der Waals surface area contributed by atoms with Gasteiger partial charge in [-0.25, -0.2) is 14.2 Å². The second kappa shape index (κ2) is 10.5. The molecule has 0 radical (unpaired) electrons. The molecule has 3 aromatic rings. The van der Waals surface area contributed by atoms with Crippen molar-refractivity contribution in [3.63, 3.8) is 0 Å². The highest BCUT2D eigenvalue weighted by Crippen LogP contribution is 2.46. The monoisotopic (exact) mass is 566 g/mol. The number of likely N-dealkylation sites (N-methyl/N-ethyl adjacent to an activating group) is 1. The first kappa shape index (κ1) is 26.2. The summed E-state index contributed by atoms with van der Waals surface area (Å²) in [5.41, 5.74) is 0.490. The average molecular weight is 567 g/mol. The molecule has 1 spiro atoms. The van der Waals surface area contributed by atoms with Crippen LogP contribution in [0.25, 0.3) is 0 Å². The zero-order valence-corrected chi connectivity index (χ0v) is 22.6. The molecule has 208 valence electrons. The standard InChI is InChI=1S/C27H28ClFN8O3/c1-35-8-10-36(11-9-35)21-5-2-17(13-30-21)14-31-25(38)18-12-22(34-32-15-18)37-7-6-27(16-37)23-20(33-26(39)40-27)4-3-19(28)24(23)29/h2-5,12-13,15H,6-11,14,16H2,1H3,(H,31,38)(H,33,39)/t27-/m1/s1. The Labute approximate surface area is 235 Å². The van der Waals surface area contributed by atoms with Crippen molar-refractivity contribution in [2.24, 2.45) is 0 Å². The van der Waals surface area contributed by atoms with E-state index in [1.807, 2.05) is 17.0 Å². The smallest absolute Gasteiger partial charge is 0.412 e. The molecule has 3 aliphatic rings. The van der Waals surface area contributed by atoms with E-state index in [9.17, 15) is 9.59 Å². The number of hydrogen-bond acceptors (Lipinski definition) is 9. The number of ether oxygens (including phenoxy) is 1. The summed E-state index contributed by atoms with van der Waals surface area (Å²) in [6.07, 6.45) is 2.82. The molecule has 5 heterocycles. The van der Waals surface area contributed by atoms with Crippen LogP contribution in [0.1, 0.15) is 27.9 Å². The maximum Gasteiger partial charge on any atom is 0.412 e. The molecule has 2 amide bonds. The van der Waals surface area contributed by atoms with Crippen molar-refractivity contribution in [1.29, 1.82) is 0 Å². The summed E-state index contributed by atoms with van der Waals surface area (Å²) in [7, 11) is 2.11. The molecule has 2 fully saturated rings. The molecule has 40 heavy (non-hydrogen) atoms. The summed E-state index contributed by atoms with van der Waals surface area (Å²) in [6.45, 7) is 4.72. The van der Waals surface area contributed by atoms with Gasteiger partial charge in [-0.3, -0.25) is 10.1 Å². The summed E-state index contributed by atoms with van der Waals surface area (Å²) in [4.78, 5) is 36.1. The van der Waals surface area contributed by atoms with Gasteiger partial charge in [-0.15, -0.1) is 5.10 Å². The number of carbonyl (C=O) groups excluding carboxylic acids is 2. The number of carbonyl (C=O) groups is 2. The Kier molecular flexibility index (Phi) is 6.88. The average Bonchev–Trinajstić information content (AvgIpc) is 3.38. The van der Waals surface area contributed by atoms with Crippen LogP contribution in [-0.4, -0.2) is 78.4 Å². The fourth-order valence-electron chi connectivity index (χ4n) is 5.39. The van der Waals surface area contributed by atoms with Crippen molar-refractivity contribution < 1.29 is 18.7 Å². The minimum Gasteiger partial charge on any atom is -0.436 e. The normalized spacial score (nSPS) is 20.7. The Morgan fingerprint density at radius 1 is 1.12 bits per heavy atom. The fraction of sp³-hybridized carbons (Fsp3) is 0.370. The molecule has 0 saturated carbocycles. The van der Waals surface area contributed by atoms with Crippen molar-refractivity contribution in [2.75, 3.05) is 61.4 Å². The van der Waals surface area contributed by atoms with Crippen molar-refractivity contribution in [1.82, 2.24) is 25.4 Å². The molecule has 6 rings (SSSR count). The van der Waals surface area contributed by atoms with Gasteiger partial charge in [-0.2, -0.15) is 5.10 Å². The predicted octanol–water partition coefficient (Wildman–Crippen LogP) is 3.01. The van der Waals surface area contributed by atoms with Gasteiger partial charge < -0.3 is 24.8 Å². The van der Waals surface area contributed by atoms with Gasteiger partial charge in [-0.05, 0) is 36.9 Å². The third-order valence-electron chi connectivity index (χ3n) is 7.62. The lowest BCUT2D eigenvalue weighted by Gasteiger charge is -2.35. The van der Waals surface area contributed by atoms with Crippen molar-refractivity contribution >= 4 is 40.9 Å². The number of amides is 2. The van der Waals surface area contributed by atoms with Gasteiger partial charge in [0.15, 0.2) is 17.2 Å². The van der Waals surface area contributed by atoms with E-state index in [4.69, 9.17) is 16.3 Å². The van der Waals surface area contributed by atoms with Crippen LogP contribution >= 0.6 is 11.6 Å². The number of rotatable bonds is 5. The second-order valence-corrected chi connectivity index (χ2v) is 10.7. The number of nitrogens with zero attached hydrogens (tertiary/aromatic N) is 6. The van der Waals surface area contributed by atoms with Crippen LogP contribution in [0.2, 0.25) is 5.02 Å². The summed E-state index contributed by atoms with van der Waals surface area (Å²) in [6, 6.07) is 8.52. The quantitative estimate of drug-likeness (QED) is 0.481. The van der Waals surface area contributed by atoms with Crippen LogP contribution in [0.3, 0.4) is 0 Å². The number of aromatic nitrogens is 3. The Morgan fingerprint density at radius 2 is 1.95 bits per heavy atom. The third-order valence-corrected chi connectivity index (χ3v) is 7.92. The lowest BCUT2D eigenvalue weighted by Crippen LogP contribution is -2.44. The van der Waals surface area contributed by atoms with Gasteiger partial charge in [-0.1, -0.05) is 17.7 Å². The molecule has 2 N–H and O–H groups in total. The van der Waals surface area contributed by atoms with Gasteiger partial charge in [0.05, 0.1) is 34.6 Å². The Balaban J connectivity index is 1.12. The first-order chi connectivity index (χ1) is 19.3. The Morgan fingerprint density at radius 3 is 2.73 bits per heavy atom. The van der Waals surface area contributed by atoms with Crippen molar-refractivity contribution in [2.45, 2.75) is 18.6 Å². The van der Waals surface area contributed by atoms with E-state index >= 15 is 4.39 Å². The van der Waals surface area contributed by atoms with Gasteiger partial charge in [0.1, 0.15) is 5.82 Å². The number of nitrogens with one attached hydrogen (secondary N) is 2. The Bertz CT molecular complexity index is 1450. The zero-order valence-electron chi connectivity index (χ0n) is 21.9. The summed E-state index contributed by atoms with van der Waals surface area (Å²) < 4.78 is 20.7. The van der Waals surface area contributed by atoms with E-state index in [1.54, 1.807) is 18.3 Å². The summed E-state index contributed by atoms with van der Waals surface area (Å²) in [5, 5.41) is 13.6. The van der Waals surface area contributed by atoms with E-state index in [-0.39, 0.29) is 23.0 Å². The van der Waals surface area contributed by atoms with Crippen LogP contribution in [0, 0.1) is 5.82 Å². The molecule has 0 bridgehead atoms. The van der Waals surface area contributed by atoms with Gasteiger partial charge in [0.25, 0.3) is 5.91 Å². The lowest BCUT2D eigenvalue weighted by molar-refractivity contribution is 0.0263. The highest BCUT2D eigenvalue weighted by atomic mass is 35.5. The van der Waals surface area contributed by atoms with E-state index in [0.717, 1.165) is 37.6 Å². The number of hydrogen-bond donors (Lipinski definition) is 2. The first-order valence-corrected chi connectivity index (χ1v) is 13.4. The fourth-order valence-corrected chi connectivity index (χ4v) is 5.55. The van der Waals surface area contributed by atoms with Gasteiger partial charge >= 0.3 is 6.09 Å². The van der Waals surface area contributed by atoms with E-state index in [1.165, 1.54) is 12.3 Å². The molecule has 1 aromatic carbocycles. The number of pyridine rings is 1. The van der Waals surface area contributed by atoms with Crippen molar-refractivity contribution in [3.05, 3.63) is 70.3 Å². The lowest BCUT2D eigenvalue weighted by atomic mass is 9.89. The van der Waals surface area contributed by atoms with Crippen LogP contribution < -0.4 is 20.4 Å². The maximum absolute atomic E-state index is 15.1. The topological polar surface area (TPSA) is 116 Å². The SMILES string of the molecule is CN1CCN(c2ccc(CNC(=O)c3cnnc(N4CC[C@]5(C4)OC(=O)Nc4ccc(Cl)c(F)c45)c3)cn2)CC1. The third kappa shape index (κ3) is 5.00. The molecule has 3 aliphatic heterocycles. The minimum absolute atomic E-state index is 0.0565. The van der Waals surface area contributed by atoms with Crippen LogP contribution in [0.5, 0.6) is 0 Å². The largest absolute Gasteiger partial charge is 0.436 e. The molecule has 13 heteroatoms. The highest BCUT2D eigenvalue weighted by molar-refractivity contribution is 6.31. The number of piperazine rings is 1. The number of halogens is 2. The maximum atomic E-state index is 15.1. The molecule has 11 nitrogen and oxygen atoms in total. The van der Waals surface area contributed by atoms with E-state index in [0.29, 0.717) is 36.6 Å². The van der Waals surface area contributed by atoms with E-state index < -0.39 is 17.5 Å². The minimum atomic E-state index is -1.24. The summed E-state index contributed by atoms with van der Waals surface area (Å²) in [5.74, 6) is 0.399. The highest BCUT2D eigenvalue weighted by Gasteiger charge is 2.50. The number of fused-ring (bicyclic) bond motifs is 2. The van der Waals surface area contributed by atoms with Crippen LogP contribution in [0.4, 0.5) is 26.5 Å².